The van der Waals surface area contributed by atoms with Gasteiger partial charge in [-0.05, 0) is 42.6 Å². The van der Waals surface area contributed by atoms with E-state index in [1.54, 1.807) is 11.3 Å². The number of aryl methyl sites for hydroxylation is 1. The van der Waals surface area contributed by atoms with Crippen molar-refractivity contribution >= 4 is 22.9 Å². The van der Waals surface area contributed by atoms with Crippen LogP contribution in [0, 0.1) is 6.92 Å². The third-order valence-electron chi connectivity index (χ3n) is 4.38. The van der Waals surface area contributed by atoms with Gasteiger partial charge in [-0.15, -0.1) is 11.3 Å². The zero-order valence-corrected chi connectivity index (χ0v) is 16.4. The van der Waals surface area contributed by atoms with Crippen LogP contribution < -0.4 is 5.32 Å². The number of quaternary nitrogens is 1. The molecule has 0 radical (unpaired) electrons. The Hall–Kier alpha value is -2.47. The van der Waals surface area contributed by atoms with Gasteiger partial charge in [-0.2, -0.15) is 4.98 Å². The zero-order chi connectivity index (χ0) is 18.6. The molecular weight excluding hydrogens is 378 g/mol. The van der Waals surface area contributed by atoms with Gasteiger partial charge in [-0.1, -0.05) is 52.7 Å². The van der Waals surface area contributed by atoms with Gasteiger partial charge < -0.3 is 9.84 Å². The standard InChI is InChI=1S/C21H18ClN3OS/c1-14-4-6-15(7-5-14)20(18-3-2-12-27-18)23-13-19-24-21(25-26-19)16-8-10-17(22)11-9-16/h2-12,20,23H,13H2,1H3/p+1/t20-/m0/s1. The molecule has 0 bridgehead atoms. The summed E-state index contributed by atoms with van der Waals surface area (Å²) in [5.41, 5.74) is 3.41. The van der Waals surface area contributed by atoms with Gasteiger partial charge in [0, 0.05) is 16.1 Å². The third kappa shape index (κ3) is 4.27. The minimum atomic E-state index is 0.205. The number of hydrogen-bond acceptors (Lipinski definition) is 4. The minimum Gasteiger partial charge on any atom is -0.333 e. The van der Waals surface area contributed by atoms with Crippen molar-refractivity contribution in [2.24, 2.45) is 0 Å². The highest BCUT2D eigenvalue weighted by molar-refractivity contribution is 7.10. The molecular formula is C21H19ClN3OS+. The Morgan fingerprint density at radius 3 is 2.56 bits per heavy atom. The number of thiophene rings is 1. The van der Waals surface area contributed by atoms with Crippen LogP contribution in [0.1, 0.15) is 27.9 Å². The SMILES string of the molecule is Cc1ccc([C@H]([NH2+]Cc2nc(-c3ccc(Cl)cc3)no2)c2cccs2)cc1. The fraction of sp³-hybridized carbons (Fsp3) is 0.143. The molecule has 0 aliphatic carbocycles. The molecule has 4 nitrogen and oxygen atoms in total. The average molecular weight is 397 g/mol. The molecule has 0 aliphatic heterocycles. The number of hydrogen-bond donors (Lipinski definition) is 1. The summed E-state index contributed by atoms with van der Waals surface area (Å²) in [7, 11) is 0. The molecule has 2 heterocycles. The van der Waals surface area contributed by atoms with Crippen LogP contribution in [0.15, 0.2) is 70.6 Å². The predicted molar refractivity (Wildman–Crippen MR) is 108 cm³/mol. The lowest BCUT2D eigenvalue weighted by Crippen LogP contribution is -2.83. The van der Waals surface area contributed by atoms with E-state index in [2.05, 4.69) is 64.2 Å². The fourth-order valence-electron chi connectivity index (χ4n) is 2.93. The first kappa shape index (κ1) is 17.9. The topological polar surface area (TPSA) is 55.5 Å². The number of aromatic nitrogens is 2. The van der Waals surface area contributed by atoms with Crippen LogP contribution in [0.3, 0.4) is 0 Å². The van der Waals surface area contributed by atoms with Crippen molar-refractivity contribution in [3.8, 4) is 11.4 Å². The van der Waals surface area contributed by atoms with Gasteiger partial charge >= 0.3 is 0 Å². The average Bonchev–Trinajstić information content (AvgIpc) is 3.36. The molecule has 4 aromatic rings. The summed E-state index contributed by atoms with van der Waals surface area (Å²) in [6.45, 7) is 2.71. The van der Waals surface area contributed by atoms with Crippen LogP contribution in [0.4, 0.5) is 0 Å². The molecule has 0 saturated carbocycles. The number of nitrogens with zero attached hydrogens (tertiary/aromatic N) is 2. The molecule has 0 unspecified atom stereocenters. The van der Waals surface area contributed by atoms with Crippen molar-refractivity contribution < 1.29 is 9.84 Å². The molecule has 4 rings (SSSR count). The van der Waals surface area contributed by atoms with Crippen molar-refractivity contribution in [2.75, 3.05) is 0 Å². The smallest absolute Gasteiger partial charge is 0.282 e. The van der Waals surface area contributed by atoms with Gasteiger partial charge in [0.1, 0.15) is 6.04 Å². The second-order valence-corrected chi connectivity index (χ2v) is 7.78. The number of nitrogens with two attached hydrogens (primary N) is 1. The second kappa shape index (κ2) is 8.05. The third-order valence-corrected chi connectivity index (χ3v) is 5.59. The summed E-state index contributed by atoms with van der Waals surface area (Å²) < 4.78 is 5.45. The Morgan fingerprint density at radius 2 is 1.85 bits per heavy atom. The van der Waals surface area contributed by atoms with Crippen LogP contribution in [0.5, 0.6) is 0 Å². The van der Waals surface area contributed by atoms with E-state index >= 15 is 0 Å². The van der Waals surface area contributed by atoms with Crippen LogP contribution in [-0.2, 0) is 6.54 Å². The van der Waals surface area contributed by atoms with E-state index in [-0.39, 0.29) is 6.04 Å². The Bertz CT molecular complexity index is 995. The van der Waals surface area contributed by atoms with Gasteiger partial charge in [0.2, 0.25) is 5.82 Å². The van der Waals surface area contributed by atoms with Crippen molar-refractivity contribution in [2.45, 2.75) is 19.5 Å². The number of rotatable bonds is 6. The minimum absolute atomic E-state index is 0.205. The van der Waals surface area contributed by atoms with E-state index < -0.39 is 0 Å². The highest BCUT2D eigenvalue weighted by Crippen LogP contribution is 2.23. The molecule has 0 fully saturated rings. The van der Waals surface area contributed by atoms with E-state index in [4.69, 9.17) is 16.1 Å². The molecule has 0 amide bonds. The van der Waals surface area contributed by atoms with Gasteiger partial charge in [-0.3, -0.25) is 0 Å². The highest BCUT2D eigenvalue weighted by Gasteiger charge is 2.20. The molecule has 2 N–H and O–H groups in total. The maximum atomic E-state index is 5.94. The summed E-state index contributed by atoms with van der Waals surface area (Å²) in [5.74, 6) is 1.19. The summed E-state index contributed by atoms with van der Waals surface area (Å²) in [4.78, 5) is 5.82. The van der Waals surface area contributed by atoms with Crippen molar-refractivity contribution in [1.82, 2.24) is 10.1 Å². The maximum absolute atomic E-state index is 5.94. The normalized spacial score (nSPS) is 12.2. The summed E-state index contributed by atoms with van der Waals surface area (Å²) in [6, 6.07) is 20.5. The largest absolute Gasteiger partial charge is 0.333 e. The Balaban J connectivity index is 1.51. The highest BCUT2D eigenvalue weighted by atomic mass is 35.5. The van der Waals surface area contributed by atoms with E-state index in [9.17, 15) is 0 Å². The quantitative estimate of drug-likeness (QED) is 0.517. The molecule has 1 atom stereocenters. The predicted octanol–water partition coefficient (Wildman–Crippen LogP) is 4.61. The van der Waals surface area contributed by atoms with Gasteiger partial charge in [0.05, 0.1) is 4.88 Å². The van der Waals surface area contributed by atoms with E-state index in [1.165, 1.54) is 16.0 Å². The van der Waals surface area contributed by atoms with Crippen LogP contribution in [-0.4, -0.2) is 10.1 Å². The summed E-state index contributed by atoms with van der Waals surface area (Å²) in [5, 5.41) is 9.12. The lowest BCUT2D eigenvalue weighted by molar-refractivity contribution is -0.704. The first-order valence-electron chi connectivity index (χ1n) is 8.71. The zero-order valence-electron chi connectivity index (χ0n) is 14.8. The fourth-order valence-corrected chi connectivity index (χ4v) is 3.91. The lowest BCUT2D eigenvalue weighted by atomic mass is 10.0. The van der Waals surface area contributed by atoms with Crippen LogP contribution in [0.25, 0.3) is 11.4 Å². The van der Waals surface area contributed by atoms with E-state index in [0.717, 1.165) is 5.56 Å². The second-order valence-electron chi connectivity index (χ2n) is 6.36. The molecule has 2 aromatic carbocycles. The molecule has 0 spiro atoms. The van der Waals surface area contributed by atoms with Crippen molar-refractivity contribution in [3.63, 3.8) is 0 Å². The van der Waals surface area contributed by atoms with Crippen molar-refractivity contribution in [1.29, 1.82) is 0 Å². The summed E-state index contributed by atoms with van der Waals surface area (Å²) in [6.07, 6.45) is 0. The molecule has 136 valence electrons. The van der Waals surface area contributed by atoms with Crippen molar-refractivity contribution in [3.05, 3.63) is 93.0 Å². The van der Waals surface area contributed by atoms with Gasteiger partial charge in [-0.25, -0.2) is 0 Å². The molecule has 6 heteroatoms. The molecule has 27 heavy (non-hydrogen) atoms. The first-order valence-corrected chi connectivity index (χ1v) is 9.96. The Labute approximate surface area is 166 Å². The lowest BCUT2D eigenvalue weighted by Gasteiger charge is -2.14. The van der Waals surface area contributed by atoms with E-state index in [1.807, 2.05) is 24.3 Å². The molecule has 0 aliphatic rings. The van der Waals surface area contributed by atoms with Crippen LogP contribution in [0.2, 0.25) is 5.02 Å². The molecule has 0 saturated heterocycles. The van der Waals surface area contributed by atoms with Crippen LogP contribution >= 0.6 is 22.9 Å². The van der Waals surface area contributed by atoms with Gasteiger partial charge in [0.15, 0.2) is 6.54 Å². The Morgan fingerprint density at radius 1 is 1.07 bits per heavy atom. The number of halogens is 1. The summed E-state index contributed by atoms with van der Waals surface area (Å²) >= 11 is 7.70. The molecule has 2 aromatic heterocycles. The first-order chi connectivity index (χ1) is 13.2. The Kier molecular flexibility index (Phi) is 5.34. The maximum Gasteiger partial charge on any atom is 0.282 e. The number of benzene rings is 2. The van der Waals surface area contributed by atoms with E-state index in [0.29, 0.717) is 23.3 Å². The van der Waals surface area contributed by atoms with Gasteiger partial charge in [0.25, 0.3) is 5.89 Å². The monoisotopic (exact) mass is 396 g/mol.